The first-order valence-electron chi connectivity index (χ1n) is 6.18. The Balaban J connectivity index is 2.40. The molecule has 102 valence electrons. The van der Waals surface area contributed by atoms with Gasteiger partial charge in [0.25, 0.3) is 0 Å². The van der Waals surface area contributed by atoms with Crippen molar-refractivity contribution in [2.24, 2.45) is 0 Å². The number of aromatic nitrogens is 1. The molecule has 0 saturated carbocycles. The molecule has 2 N–H and O–H groups in total. The number of rotatable bonds is 8. The second kappa shape index (κ2) is 7.33. The molecule has 0 radical (unpaired) electrons. The van der Waals surface area contributed by atoms with Crippen LogP contribution in [-0.2, 0) is 10.0 Å². The van der Waals surface area contributed by atoms with Crippen LogP contribution in [0.5, 0.6) is 0 Å². The fraction of sp³-hybridized carbons (Fsp3) is 0.583. The van der Waals surface area contributed by atoms with Gasteiger partial charge in [0.05, 0.1) is 5.75 Å². The average molecular weight is 271 g/mol. The molecule has 6 heteroatoms. The van der Waals surface area contributed by atoms with E-state index in [1.54, 1.807) is 12.1 Å². The molecular formula is C12H21N3O2S. The summed E-state index contributed by atoms with van der Waals surface area (Å²) in [6.07, 6.45) is 1.65. The standard InChI is InChI=1S/C12H21N3O2S/c1-3-8-13-9-5-10-18(16,17)15-12-7-4-6-11(2)14-12/h4,6-7,13H,3,5,8-10H2,1-2H3,(H,14,15). The molecule has 5 nitrogen and oxygen atoms in total. The highest BCUT2D eigenvalue weighted by Gasteiger charge is 2.10. The predicted molar refractivity (Wildman–Crippen MR) is 74.2 cm³/mol. The van der Waals surface area contributed by atoms with E-state index in [0.29, 0.717) is 12.2 Å². The maximum Gasteiger partial charge on any atom is 0.233 e. The summed E-state index contributed by atoms with van der Waals surface area (Å²) in [6, 6.07) is 5.26. The van der Waals surface area contributed by atoms with Gasteiger partial charge in [-0.05, 0) is 45.0 Å². The summed E-state index contributed by atoms with van der Waals surface area (Å²) < 4.78 is 26.0. The summed E-state index contributed by atoms with van der Waals surface area (Å²) in [7, 11) is -3.29. The van der Waals surface area contributed by atoms with E-state index in [1.165, 1.54) is 0 Å². The van der Waals surface area contributed by atoms with Crippen molar-refractivity contribution >= 4 is 15.8 Å². The third kappa shape index (κ3) is 5.97. The van der Waals surface area contributed by atoms with Crippen LogP contribution >= 0.6 is 0 Å². The minimum Gasteiger partial charge on any atom is -0.317 e. The number of hydrogen-bond donors (Lipinski definition) is 2. The minimum atomic E-state index is -3.29. The Bertz CT molecular complexity index is 460. The zero-order valence-corrected chi connectivity index (χ0v) is 11.8. The van der Waals surface area contributed by atoms with Crippen LogP contribution in [0.4, 0.5) is 5.82 Å². The van der Waals surface area contributed by atoms with Crippen LogP contribution < -0.4 is 10.0 Å². The summed E-state index contributed by atoms with van der Waals surface area (Å²) >= 11 is 0. The summed E-state index contributed by atoms with van der Waals surface area (Å²) in [5, 5.41) is 3.17. The number of hydrogen-bond acceptors (Lipinski definition) is 4. The van der Waals surface area contributed by atoms with E-state index >= 15 is 0 Å². The Hall–Kier alpha value is -1.14. The van der Waals surface area contributed by atoms with Crippen molar-refractivity contribution in [3.8, 4) is 0 Å². The zero-order chi connectivity index (χ0) is 13.4. The van der Waals surface area contributed by atoms with Gasteiger partial charge in [-0.2, -0.15) is 0 Å². The van der Waals surface area contributed by atoms with Gasteiger partial charge in [0, 0.05) is 5.69 Å². The number of pyridine rings is 1. The normalized spacial score (nSPS) is 11.4. The first-order valence-corrected chi connectivity index (χ1v) is 7.83. The Labute approximate surface area is 109 Å². The van der Waals surface area contributed by atoms with E-state index in [1.807, 2.05) is 13.0 Å². The van der Waals surface area contributed by atoms with Gasteiger partial charge in [0.15, 0.2) is 0 Å². The van der Waals surface area contributed by atoms with Crippen molar-refractivity contribution in [1.82, 2.24) is 10.3 Å². The van der Waals surface area contributed by atoms with Crippen LogP contribution in [0.1, 0.15) is 25.5 Å². The zero-order valence-electron chi connectivity index (χ0n) is 10.9. The lowest BCUT2D eigenvalue weighted by atomic mass is 10.4. The summed E-state index contributed by atoms with van der Waals surface area (Å²) in [6.45, 7) is 5.55. The van der Waals surface area contributed by atoms with Gasteiger partial charge in [0.1, 0.15) is 5.82 Å². The molecule has 1 heterocycles. The molecular weight excluding hydrogens is 250 g/mol. The van der Waals surface area contributed by atoms with E-state index in [0.717, 1.165) is 25.2 Å². The summed E-state index contributed by atoms with van der Waals surface area (Å²) in [4.78, 5) is 4.11. The van der Waals surface area contributed by atoms with Crippen LogP contribution in [-0.4, -0.2) is 32.2 Å². The molecule has 0 unspecified atom stereocenters. The number of anilines is 1. The van der Waals surface area contributed by atoms with Crippen LogP contribution in [0.25, 0.3) is 0 Å². The number of sulfonamides is 1. The molecule has 0 saturated heterocycles. The predicted octanol–water partition coefficient (Wildman–Crippen LogP) is 1.52. The van der Waals surface area contributed by atoms with Crippen molar-refractivity contribution in [1.29, 1.82) is 0 Å². The van der Waals surface area contributed by atoms with E-state index in [4.69, 9.17) is 0 Å². The molecule has 1 rings (SSSR count). The molecule has 0 spiro atoms. The van der Waals surface area contributed by atoms with Crippen molar-refractivity contribution in [2.75, 3.05) is 23.6 Å². The fourth-order valence-electron chi connectivity index (χ4n) is 1.50. The molecule has 1 aromatic heterocycles. The van der Waals surface area contributed by atoms with E-state index in [-0.39, 0.29) is 5.75 Å². The highest BCUT2D eigenvalue weighted by molar-refractivity contribution is 7.92. The molecule has 1 aromatic rings. The van der Waals surface area contributed by atoms with E-state index in [9.17, 15) is 8.42 Å². The largest absolute Gasteiger partial charge is 0.317 e. The van der Waals surface area contributed by atoms with E-state index < -0.39 is 10.0 Å². The molecule has 0 amide bonds. The Morgan fingerprint density at radius 2 is 2.06 bits per heavy atom. The molecule has 0 fully saturated rings. The first kappa shape index (κ1) is 14.9. The highest BCUT2D eigenvalue weighted by Crippen LogP contribution is 2.06. The highest BCUT2D eigenvalue weighted by atomic mass is 32.2. The average Bonchev–Trinajstić information content (AvgIpc) is 2.28. The van der Waals surface area contributed by atoms with E-state index in [2.05, 4.69) is 21.9 Å². The summed E-state index contributed by atoms with van der Waals surface area (Å²) in [5.41, 5.74) is 0.791. The van der Waals surface area contributed by atoms with Gasteiger partial charge < -0.3 is 5.32 Å². The molecule has 0 aromatic carbocycles. The molecule has 18 heavy (non-hydrogen) atoms. The third-order valence-electron chi connectivity index (χ3n) is 2.34. The first-order chi connectivity index (χ1) is 8.53. The van der Waals surface area contributed by atoms with Gasteiger partial charge in [-0.3, -0.25) is 4.72 Å². The van der Waals surface area contributed by atoms with Gasteiger partial charge in [0.2, 0.25) is 10.0 Å². The lowest BCUT2D eigenvalue weighted by Gasteiger charge is -2.08. The lowest BCUT2D eigenvalue weighted by molar-refractivity contribution is 0.593. The SMILES string of the molecule is CCCNCCCS(=O)(=O)Nc1cccc(C)n1. The second-order valence-corrected chi connectivity index (χ2v) is 6.03. The van der Waals surface area contributed by atoms with Crippen LogP contribution in [0.15, 0.2) is 18.2 Å². The Morgan fingerprint density at radius 3 is 2.72 bits per heavy atom. The third-order valence-corrected chi connectivity index (χ3v) is 3.69. The fourth-order valence-corrected chi connectivity index (χ4v) is 2.56. The van der Waals surface area contributed by atoms with Gasteiger partial charge in [-0.15, -0.1) is 0 Å². The lowest BCUT2D eigenvalue weighted by Crippen LogP contribution is -2.22. The van der Waals surface area contributed by atoms with Crippen molar-refractivity contribution in [3.05, 3.63) is 23.9 Å². The maximum absolute atomic E-state index is 11.8. The Kier molecular flexibility index (Phi) is 6.07. The molecule has 0 aliphatic heterocycles. The van der Waals surface area contributed by atoms with Crippen LogP contribution in [0.2, 0.25) is 0 Å². The van der Waals surface area contributed by atoms with Gasteiger partial charge in [-0.25, -0.2) is 13.4 Å². The van der Waals surface area contributed by atoms with Crippen molar-refractivity contribution < 1.29 is 8.42 Å². The number of nitrogens with one attached hydrogen (secondary N) is 2. The molecule has 0 bridgehead atoms. The van der Waals surface area contributed by atoms with Crippen molar-refractivity contribution in [2.45, 2.75) is 26.7 Å². The smallest absolute Gasteiger partial charge is 0.233 e. The van der Waals surface area contributed by atoms with Crippen LogP contribution in [0.3, 0.4) is 0 Å². The van der Waals surface area contributed by atoms with Gasteiger partial charge in [-0.1, -0.05) is 13.0 Å². The van der Waals surface area contributed by atoms with Crippen LogP contribution in [0, 0.1) is 6.92 Å². The maximum atomic E-state index is 11.8. The molecule has 0 aliphatic carbocycles. The molecule has 0 aliphatic rings. The quantitative estimate of drug-likeness (QED) is 0.703. The second-order valence-electron chi connectivity index (χ2n) is 4.19. The van der Waals surface area contributed by atoms with Gasteiger partial charge >= 0.3 is 0 Å². The topological polar surface area (TPSA) is 71.1 Å². The van der Waals surface area contributed by atoms with Crippen molar-refractivity contribution in [3.63, 3.8) is 0 Å². The number of nitrogens with zero attached hydrogens (tertiary/aromatic N) is 1. The number of aryl methyl sites for hydroxylation is 1. The Morgan fingerprint density at radius 1 is 1.28 bits per heavy atom. The summed E-state index contributed by atoms with van der Waals surface area (Å²) in [5.74, 6) is 0.496. The monoisotopic (exact) mass is 271 g/mol. The molecule has 0 atom stereocenters. The minimum absolute atomic E-state index is 0.110.